The lowest BCUT2D eigenvalue weighted by Crippen LogP contribution is -2.47. The number of likely N-dealkylation sites (N-methyl/N-ethyl adjacent to an activating group) is 1. The first-order valence-electron chi connectivity index (χ1n) is 19.0. The van der Waals surface area contributed by atoms with Crippen molar-refractivity contribution in [3.63, 3.8) is 0 Å². The second kappa shape index (κ2) is 16.6. The average molecular weight is 796 g/mol. The molecule has 3 aromatic carbocycles. The number of piperazine rings is 1. The van der Waals surface area contributed by atoms with Gasteiger partial charge in [-0.05, 0) is 67.1 Å². The molecule has 0 amide bonds. The molecule has 2 fully saturated rings. The highest BCUT2D eigenvalue weighted by molar-refractivity contribution is 7.89. The molecule has 0 saturated carbocycles. The predicted octanol–water partition coefficient (Wildman–Crippen LogP) is 4.76. The number of hydrogen-bond acceptors (Lipinski definition) is 13. The fourth-order valence-electron chi connectivity index (χ4n) is 7.37. The Balaban J connectivity index is 1.12. The SMILES string of the molecule is COc1ccc(CN(Cc2ccc(OC)cc2)c2ncc(-c3nc(N4CCOCC4)nc4c3CCN4c3ccc(S(=O)(=O)N4CCN(C)CC4)cc3F)cn2)cc1. The van der Waals surface area contributed by atoms with Crippen LogP contribution in [0.5, 0.6) is 11.5 Å². The zero-order valence-electron chi connectivity index (χ0n) is 32.3. The minimum atomic E-state index is -3.85. The molecule has 0 radical (unpaired) electrons. The van der Waals surface area contributed by atoms with Crippen LogP contribution in [0.1, 0.15) is 16.7 Å². The van der Waals surface area contributed by atoms with Gasteiger partial charge in [0.2, 0.25) is 21.9 Å². The van der Waals surface area contributed by atoms with Crippen LogP contribution < -0.4 is 24.2 Å². The number of methoxy groups -OCH3 is 2. The fraction of sp³-hybridized carbons (Fsp3) is 0.366. The summed E-state index contributed by atoms with van der Waals surface area (Å²) >= 11 is 0. The van der Waals surface area contributed by atoms with Gasteiger partial charge in [0.05, 0.1) is 43.7 Å². The predicted molar refractivity (Wildman–Crippen MR) is 215 cm³/mol. The van der Waals surface area contributed by atoms with E-state index in [2.05, 4.69) is 14.7 Å². The largest absolute Gasteiger partial charge is 0.497 e. The van der Waals surface area contributed by atoms with Crippen LogP contribution in [-0.4, -0.2) is 118 Å². The number of morpholine rings is 1. The Morgan fingerprint density at radius 2 is 1.40 bits per heavy atom. The number of hydrogen-bond donors (Lipinski definition) is 0. The van der Waals surface area contributed by atoms with E-state index in [-0.39, 0.29) is 10.6 Å². The molecule has 16 heteroatoms. The first-order chi connectivity index (χ1) is 27.7. The molecule has 3 aliphatic heterocycles. The molecule has 0 unspecified atom stereocenters. The van der Waals surface area contributed by atoms with Gasteiger partial charge in [-0.3, -0.25) is 0 Å². The molecule has 0 spiro atoms. The Morgan fingerprint density at radius 3 is 1.98 bits per heavy atom. The number of benzene rings is 3. The van der Waals surface area contributed by atoms with Gasteiger partial charge in [-0.1, -0.05) is 24.3 Å². The lowest BCUT2D eigenvalue weighted by molar-refractivity contribution is 0.122. The van der Waals surface area contributed by atoms with Crippen LogP contribution in [-0.2, 0) is 34.3 Å². The molecule has 0 N–H and O–H groups in total. The van der Waals surface area contributed by atoms with Crippen molar-refractivity contribution in [3.05, 3.63) is 102 Å². The molecular weight excluding hydrogens is 750 g/mol. The van der Waals surface area contributed by atoms with Crippen molar-refractivity contribution in [1.82, 2.24) is 29.1 Å². The summed E-state index contributed by atoms with van der Waals surface area (Å²) in [6.45, 7) is 5.78. The number of sulfonamides is 1. The van der Waals surface area contributed by atoms with E-state index in [0.717, 1.165) is 34.3 Å². The van der Waals surface area contributed by atoms with Crippen LogP contribution in [0.25, 0.3) is 11.3 Å². The maximum absolute atomic E-state index is 16.1. The number of nitrogens with zero attached hydrogens (tertiary/aromatic N) is 9. The van der Waals surface area contributed by atoms with Crippen molar-refractivity contribution in [2.45, 2.75) is 24.4 Å². The molecule has 8 rings (SSSR count). The van der Waals surface area contributed by atoms with Crippen molar-refractivity contribution < 1.29 is 27.0 Å². The zero-order valence-corrected chi connectivity index (χ0v) is 33.2. The zero-order chi connectivity index (χ0) is 39.5. The Kier molecular flexibility index (Phi) is 11.2. The summed E-state index contributed by atoms with van der Waals surface area (Å²) in [6.07, 6.45) is 4.10. The molecule has 2 aromatic heterocycles. The van der Waals surface area contributed by atoms with E-state index in [9.17, 15) is 8.42 Å². The van der Waals surface area contributed by atoms with Crippen molar-refractivity contribution in [2.24, 2.45) is 0 Å². The molecule has 2 saturated heterocycles. The summed E-state index contributed by atoms with van der Waals surface area (Å²) in [5.74, 6) is 2.54. The quantitative estimate of drug-likeness (QED) is 0.172. The average Bonchev–Trinajstić information content (AvgIpc) is 3.68. The van der Waals surface area contributed by atoms with E-state index in [0.29, 0.717) is 108 Å². The highest BCUT2D eigenvalue weighted by Crippen LogP contribution is 2.41. The van der Waals surface area contributed by atoms with Crippen LogP contribution in [0.3, 0.4) is 0 Å². The maximum Gasteiger partial charge on any atom is 0.243 e. The monoisotopic (exact) mass is 795 g/mol. The molecule has 5 aromatic rings. The van der Waals surface area contributed by atoms with Gasteiger partial charge in [0, 0.05) is 82.4 Å². The second-order valence-electron chi connectivity index (χ2n) is 14.3. The Bertz CT molecular complexity index is 2240. The van der Waals surface area contributed by atoms with Crippen molar-refractivity contribution in [2.75, 3.05) is 95.0 Å². The molecule has 0 atom stereocenters. The minimum absolute atomic E-state index is 0.0598. The lowest BCUT2D eigenvalue weighted by atomic mass is 10.1. The normalized spacial score (nSPS) is 16.4. The topological polar surface area (TPSA) is 130 Å². The summed E-state index contributed by atoms with van der Waals surface area (Å²) in [5.41, 5.74) is 4.60. The molecule has 14 nitrogen and oxygen atoms in total. The number of ether oxygens (including phenoxy) is 3. The number of halogens is 1. The maximum atomic E-state index is 16.1. The van der Waals surface area contributed by atoms with Crippen LogP contribution >= 0.6 is 0 Å². The molecule has 298 valence electrons. The first-order valence-corrected chi connectivity index (χ1v) is 20.5. The third-order valence-electron chi connectivity index (χ3n) is 10.7. The van der Waals surface area contributed by atoms with E-state index >= 15 is 4.39 Å². The third-order valence-corrected chi connectivity index (χ3v) is 12.6. The minimum Gasteiger partial charge on any atom is -0.497 e. The Morgan fingerprint density at radius 1 is 0.789 bits per heavy atom. The first kappa shape index (κ1) is 38.5. The summed E-state index contributed by atoms with van der Waals surface area (Å²) in [6, 6.07) is 20.0. The molecule has 3 aliphatic rings. The van der Waals surface area contributed by atoms with Crippen molar-refractivity contribution in [1.29, 1.82) is 0 Å². The van der Waals surface area contributed by atoms with E-state index in [1.807, 2.05) is 60.5 Å². The van der Waals surface area contributed by atoms with E-state index in [1.165, 1.54) is 10.4 Å². The van der Waals surface area contributed by atoms with Gasteiger partial charge in [-0.25, -0.2) is 27.8 Å². The van der Waals surface area contributed by atoms with Gasteiger partial charge < -0.3 is 33.8 Å². The fourth-order valence-corrected chi connectivity index (χ4v) is 8.81. The standard InChI is InChI=1S/C41H46FN9O5S/c1-47-16-18-50(19-17-47)57(52,53)34-12-13-37(36(42)24-34)51-15-14-35-38(45-41(46-39(35)51)48-20-22-56-23-21-48)31-25-43-40(44-26-31)49(27-29-4-8-32(54-2)9-5-29)28-30-6-10-33(55-3)11-7-30/h4-13,24-26H,14-23,27-28H2,1-3H3. The summed E-state index contributed by atoms with van der Waals surface area (Å²) in [5, 5.41) is 0. The molecular formula is C41H46FN9O5S. The van der Waals surface area contributed by atoms with Gasteiger partial charge in [0.15, 0.2) is 0 Å². The summed E-state index contributed by atoms with van der Waals surface area (Å²) in [4.78, 5) is 27.8. The number of aromatic nitrogens is 4. The lowest BCUT2D eigenvalue weighted by Gasteiger charge is -2.31. The third kappa shape index (κ3) is 8.21. The molecule has 0 aliphatic carbocycles. The molecule has 5 heterocycles. The van der Waals surface area contributed by atoms with Crippen LogP contribution in [0.2, 0.25) is 0 Å². The number of rotatable bonds is 12. The van der Waals surface area contributed by atoms with E-state index in [1.54, 1.807) is 32.7 Å². The van der Waals surface area contributed by atoms with Gasteiger partial charge in [0.25, 0.3) is 0 Å². The van der Waals surface area contributed by atoms with Crippen molar-refractivity contribution >= 4 is 33.4 Å². The van der Waals surface area contributed by atoms with Gasteiger partial charge in [0.1, 0.15) is 23.1 Å². The van der Waals surface area contributed by atoms with Crippen molar-refractivity contribution in [3.8, 4) is 22.8 Å². The summed E-state index contributed by atoms with van der Waals surface area (Å²) in [7, 11) is 1.40. The van der Waals surface area contributed by atoms with Gasteiger partial charge in [-0.15, -0.1) is 0 Å². The second-order valence-corrected chi connectivity index (χ2v) is 16.3. The van der Waals surface area contributed by atoms with E-state index in [4.69, 9.17) is 34.1 Å². The Hall–Kier alpha value is -5.42. The smallest absolute Gasteiger partial charge is 0.243 e. The summed E-state index contributed by atoms with van der Waals surface area (Å²) < 4.78 is 60.8. The highest BCUT2D eigenvalue weighted by Gasteiger charge is 2.33. The number of fused-ring (bicyclic) bond motifs is 1. The van der Waals surface area contributed by atoms with Crippen LogP contribution in [0.15, 0.2) is 84.0 Å². The van der Waals surface area contributed by atoms with Crippen LogP contribution in [0, 0.1) is 5.82 Å². The van der Waals surface area contributed by atoms with Gasteiger partial charge in [-0.2, -0.15) is 9.29 Å². The van der Waals surface area contributed by atoms with Gasteiger partial charge >= 0.3 is 0 Å². The molecule has 0 bridgehead atoms. The molecule has 57 heavy (non-hydrogen) atoms. The van der Waals surface area contributed by atoms with E-state index < -0.39 is 15.8 Å². The number of anilines is 4. The highest BCUT2D eigenvalue weighted by atomic mass is 32.2. The van der Waals surface area contributed by atoms with Crippen LogP contribution in [0.4, 0.5) is 27.8 Å². The Labute approximate surface area is 332 Å².